The van der Waals surface area contributed by atoms with Crippen LogP contribution >= 0.6 is 0 Å². The monoisotopic (exact) mass is 452 g/mol. The van der Waals surface area contributed by atoms with Crippen LogP contribution in [-0.2, 0) is 9.84 Å². The molecule has 0 aromatic heterocycles. The van der Waals surface area contributed by atoms with Crippen LogP contribution in [0.5, 0.6) is 11.5 Å². The number of aryl methyl sites for hydroxylation is 1. The van der Waals surface area contributed by atoms with Crippen LogP contribution in [-0.4, -0.2) is 24.9 Å². The average molecular weight is 453 g/mol. The summed E-state index contributed by atoms with van der Waals surface area (Å²) < 4.78 is 33.0. The second-order valence-corrected chi connectivity index (χ2v) is 10.9. The van der Waals surface area contributed by atoms with Crippen LogP contribution in [0.2, 0.25) is 0 Å². The maximum atomic E-state index is 13.6. The zero-order valence-electron chi connectivity index (χ0n) is 18.7. The van der Waals surface area contributed by atoms with E-state index >= 15 is 0 Å². The zero-order chi connectivity index (χ0) is 23.5. The third-order valence-electron chi connectivity index (χ3n) is 4.96. The van der Waals surface area contributed by atoms with Gasteiger partial charge in [-0.15, -0.1) is 0 Å². The van der Waals surface area contributed by atoms with Crippen molar-refractivity contribution in [3.05, 3.63) is 89.5 Å². The molecular formula is C26H28O5S. The first-order chi connectivity index (χ1) is 15.0. The first kappa shape index (κ1) is 23.5. The van der Waals surface area contributed by atoms with E-state index in [4.69, 9.17) is 4.74 Å². The van der Waals surface area contributed by atoms with E-state index in [2.05, 4.69) is 0 Å². The molecular weight excluding hydrogens is 424 g/mol. The second kappa shape index (κ2) is 9.17. The lowest BCUT2D eigenvalue weighted by Crippen LogP contribution is -2.23. The molecule has 1 atom stereocenters. The van der Waals surface area contributed by atoms with Crippen LogP contribution in [0.1, 0.15) is 53.9 Å². The van der Waals surface area contributed by atoms with Gasteiger partial charge in [0.2, 0.25) is 0 Å². The first-order valence-corrected chi connectivity index (χ1v) is 11.9. The van der Waals surface area contributed by atoms with Crippen LogP contribution in [0.3, 0.4) is 0 Å². The van der Waals surface area contributed by atoms with Crippen LogP contribution in [0.25, 0.3) is 0 Å². The number of hydrogen-bond acceptors (Lipinski definition) is 5. The summed E-state index contributed by atoms with van der Waals surface area (Å²) in [7, 11) is -3.84. The number of aromatic hydroxyl groups is 1. The Bertz CT molecular complexity index is 1170. The lowest BCUT2D eigenvalue weighted by atomic mass is 10.0. The normalized spacial score (nSPS) is 12.9. The van der Waals surface area contributed by atoms with Gasteiger partial charge in [-0.2, -0.15) is 0 Å². The Morgan fingerprint density at radius 2 is 1.47 bits per heavy atom. The fourth-order valence-corrected chi connectivity index (χ4v) is 5.07. The predicted molar refractivity (Wildman–Crippen MR) is 125 cm³/mol. The van der Waals surface area contributed by atoms with Gasteiger partial charge in [0.05, 0.1) is 10.1 Å². The van der Waals surface area contributed by atoms with Crippen molar-refractivity contribution in [2.75, 3.05) is 0 Å². The van der Waals surface area contributed by atoms with E-state index in [0.717, 1.165) is 5.56 Å². The summed E-state index contributed by atoms with van der Waals surface area (Å²) >= 11 is 0. The molecule has 0 bridgehead atoms. The Hall–Kier alpha value is -3.12. The number of ether oxygens (including phenoxy) is 1. The quantitative estimate of drug-likeness (QED) is 0.468. The highest BCUT2D eigenvalue weighted by molar-refractivity contribution is 7.91. The Morgan fingerprint density at radius 3 is 2.00 bits per heavy atom. The summed E-state index contributed by atoms with van der Waals surface area (Å²) in [6, 6.07) is 19.3. The third-order valence-corrected chi connectivity index (χ3v) is 7.08. The summed E-state index contributed by atoms with van der Waals surface area (Å²) in [6.07, 6.45) is -0.222. The number of phenolic OH excluding ortho intramolecular Hbond substituents is 1. The molecule has 5 nitrogen and oxygen atoms in total. The van der Waals surface area contributed by atoms with Gasteiger partial charge in [-0.1, -0.05) is 29.8 Å². The van der Waals surface area contributed by atoms with Crippen molar-refractivity contribution in [2.45, 2.75) is 49.9 Å². The van der Waals surface area contributed by atoms with Crippen molar-refractivity contribution in [1.29, 1.82) is 0 Å². The molecule has 3 aromatic rings. The van der Waals surface area contributed by atoms with Gasteiger partial charge in [0.15, 0.2) is 15.6 Å². The smallest absolute Gasteiger partial charge is 0.185 e. The number of rotatable bonds is 7. The summed E-state index contributed by atoms with van der Waals surface area (Å²) in [5.41, 5.74) is 1.42. The SMILES string of the molecule is Cc1ccc(S(=O)(=O)C(CC(=O)c2ccc(O)cc2)c2ccc(OC(C)(C)C)cc2)cc1. The average Bonchev–Trinajstić information content (AvgIpc) is 2.72. The van der Waals surface area contributed by atoms with E-state index in [0.29, 0.717) is 16.9 Å². The Morgan fingerprint density at radius 1 is 0.906 bits per heavy atom. The number of sulfone groups is 1. The van der Waals surface area contributed by atoms with Crippen LogP contribution in [0, 0.1) is 6.92 Å². The zero-order valence-corrected chi connectivity index (χ0v) is 19.5. The molecule has 0 aliphatic carbocycles. The van der Waals surface area contributed by atoms with Gasteiger partial charge < -0.3 is 9.84 Å². The topological polar surface area (TPSA) is 80.7 Å². The minimum atomic E-state index is -3.84. The minimum absolute atomic E-state index is 0.0415. The van der Waals surface area contributed by atoms with Gasteiger partial charge in [-0.25, -0.2) is 8.42 Å². The summed E-state index contributed by atoms with van der Waals surface area (Å²) in [5.74, 6) is 0.345. The highest BCUT2D eigenvalue weighted by atomic mass is 32.2. The van der Waals surface area contributed by atoms with Gasteiger partial charge in [-0.05, 0) is 81.8 Å². The molecule has 0 saturated carbocycles. The van der Waals surface area contributed by atoms with Crippen molar-refractivity contribution in [3.63, 3.8) is 0 Å². The Kier molecular flexibility index (Phi) is 6.74. The van der Waals surface area contributed by atoms with E-state index < -0.39 is 15.1 Å². The summed E-state index contributed by atoms with van der Waals surface area (Å²) in [6.45, 7) is 7.68. The number of phenols is 1. The van der Waals surface area contributed by atoms with Gasteiger partial charge in [0, 0.05) is 12.0 Å². The van der Waals surface area contributed by atoms with Gasteiger partial charge in [0.1, 0.15) is 17.1 Å². The molecule has 0 amide bonds. The summed E-state index contributed by atoms with van der Waals surface area (Å²) in [4.78, 5) is 13.1. The number of carbonyl (C=O) groups is 1. The fraction of sp³-hybridized carbons (Fsp3) is 0.269. The largest absolute Gasteiger partial charge is 0.508 e. The molecule has 0 heterocycles. The van der Waals surface area contributed by atoms with Crippen LogP contribution < -0.4 is 4.74 Å². The van der Waals surface area contributed by atoms with Crippen molar-refractivity contribution in [2.24, 2.45) is 0 Å². The van der Waals surface area contributed by atoms with E-state index in [1.807, 2.05) is 27.7 Å². The van der Waals surface area contributed by atoms with Gasteiger partial charge >= 0.3 is 0 Å². The van der Waals surface area contributed by atoms with E-state index in [1.165, 1.54) is 24.3 Å². The molecule has 32 heavy (non-hydrogen) atoms. The van der Waals surface area contributed by atoms with Gasteiger partial charge in [-0.3, -0.25) is 4.79 Å². The second-order valence-electron chi connectivity index (χ2n) is 8.80. The number of Topliss-reactive ketones (excluding diaryl/α,β-unsaturated/α-hetero) is 1. The number of carbonyl (C=O) groups excluding carboxylic acids is 1. The number of hydrogen-bond donors (Lipinski definition) is 1. The standard InChI is InChI=1S/C26H28O5S/c1-18-5-15-23(16-6-18)32(29,30)25(17-24(28)19-7-11-21(27)12-8-19)20-9-13-22(14-10-20)31-26(2,3)4/h5-16,25,27H,17H2,1-4H3. The third kappa shape index (κ3) is 5.77. The van der Waals surface area contributed by atoms with Crippen LogP contribution in [0.15, 0.2) is 77.7 Å². The van der Waals surface area contributed by atoms with Crippen molar-refractivity contribution in [1.82, 2.24) is 0 Å². The Balaban J connectivity index is 1.99. The molecule has 0 aliphatic rings. The fourth-order valence-electron chi connectivity index (χ4n) is 3.34. The lowest BCUT2D eigenvalue weighted by Gasteiger charge is -2.22. The van der Waals surface area contributed by atoms with E-state index in [-0.39, 0.29) is 28.5 Å². The minimum Gasteiger partial charge on any atom is -0.508 e. The van der Waals surface area contributed by atoms with E-state index in [1.54, 1.807) is 48.5 Å². The van der Waals surface area contributed by atoms with Gasteiger partial charge in [0.25, 0.3) is 0 Å². The van der Waals surface area contributed by atoms with Crippen LogP contribution in [0.4, 0.5) is 0 Å². The predicted octanol–water partition coefficient (Wildman–Crippen LogP) is 5.67. The molecule has 0 radical (unpaired) electrons. The molecule has 0 fully saturated rings. The highest BCUT2D eigenvalue weighted by Crippen LogP contribution is 2.34. The molecule has 3 rings (SSSR count). The molecule has 1 N–H and O–H groups in total. The van der Waals surface area contributed by atoms with Crippen molar-refractivity contribution in [3.8, 4) is 11.5 Å². The molecule has 0 saturated heterocycles. The molecule has 6 heteroatoms. The van der Waals surface area contributed by atoms with Crippen molar-refractivity contribution >= 4 is 15.6 Å². The molecule has 0 spiro atoms. The highest BCUT2D eigenvalue weighted by Gasteiger charge is 2.32. The lowest BCUT2D eigenvalue weighted by molar-refractivity contribution is 0.0980. The molecule has 1 unspecified atom stereocenters. The summed E-state index contributed by atoms with van der Waals surface area (Å²) in [5, 5.41) is 8.43. The van der Waals surface area contributed by atoms with E-state index in [9.17, 15) is 18.3 Å². The van der Waals surface area contributed by atoms with Crippen molar-refractivity contribution < 1.29 is 23.1 Å². The molecule has 3 aromatic carbocycles. The Labute approximate surface area is 189 Å². The maximum Gasteiger partial charge on any atom is 0.185 e. The molecule has 0 aliphatic heterocycles. The number of benzene rings is 3. The molecule has 168 valence electrons. The first-order valence-electron chi connectivity index (χ1n) is 10.4. The number of ketones is 1. The maximum absolute atomic E-state index is 13.6.